The Balaban J connectivity index is 1.06. The molecule has 4 heterocycles. The maximum Gasteiger partial charge on any atom is 0.231 e. The van der Waals surface area contributed by atoms with Crippen LogP contribution < -0.4 is 18.9 Å². The molecule has 40 heavy (non-hydrogen) atoms. The van der Waals surface area contributed by atoms with Gasteiger partial charge in [-0.2, -0.15) is 0 Å². The fraction of sp³-hybridized carbons (Fsp3) is 0.300. The lowest BCUT2D eigenvalue weighted by molar-refractivity contribution is -0.0165. The highest BCUT2D eigenvalue weighted by atomic mass is 35.5. The molecule has 206 valence electrons. The summed E-state index contributed by atoms with van der Waals surface area (Å²) in [5.74, 6) is 2.63. The van der Waals surface area contributed by atoms with Crippen molar-refractivity contribution < 1.29 is 33.6 Å². The van der Waals surface area contributed by atoms with E-state index in [0.29, 0.717) is 46.4 Å². The summed E-state index contributed by atoms with van der Waals surface area (Å²) in [4.78, 5) is 17.9. The van der Waals surface area contributed by atoms with Crippen LogP contribution in [0.2, 0.25) is 5.02 Å². The van der Waals surface area contributed by atoms with E-state index in [1.807, 2.05) is 12.1 Å². The Hall–Kier alpha value is -3.76. The van der Waals surface area contributed by atoms with Crippen molar-refractivity contribution in [2.45, 2.75) is 19.7 Å². The number of nitrogens with zero attached hydrogens (tertiary/aromatic N) is 2. The number of hydrogen-bond donors (Lipinski definition) is 1. The summed E-state index contributed by atoms with van der Waals surface area (Å²) in [6.45, 7) is 5.46. The Morgan fingerprint density at radius 2 is 1.68 bits per heavy atom. The Bertz CT molecular complexity index is 1530. The van der Waals surface area contributed by atoms with Gasteiger partial charge in [-0.3, -0.25) is 14.6 Å². The second-order valence-corrected chi connectivity index (χ2v) is 10.6. The summed E-state index contributed by atoms with van der Waals surface area (Å²) in [7, 11) is 0. The van der Waals surface area contributed by atoms with E-state index in [2.05, 4.69) is 15.9 Å². The summed E-state index contributed by atoms with van der Waals surface area (Å²) < 4.78 is 28.1. The molecule has 0 aliphatic carbocycles. The van der Waals surface area contributed by atoms with Crippen molar-refractivity contribution >= 4 is 23.5 Å². The van der Waals surface area contributed by atoms with Crippen molar-refractivity contribution in [2.24, 2.45) is 0 Å². The van der Waals surface area contributed by atoms with Gasteiger partial charge >= 0.3 is 0 Å². The first-order valence-corrected chi connectivity index (χ1v) is 13.5. The lowest BCUT2D eigenvalue weighted by Gasteiger charge is -2.35. The number of rotatable bonds is 5. The Morgan fingerprint density at radius 1 is 0.875 bits per heavy atom. The average molecular weight is 563 g/mol. The number of piperazine rings is 1. The lowest BCUT2D eigenvalue weighted by atomic mass is 10.0. The van der Waals surface area contributed by atoms with E-state index < -0.39 is 0 Å². The minimum Gasteiger partial charge on any atom is -0.507 e. The average Bonchev–Trinajstić information content (AvgIpc) is 3.55. The maximum absolute atomic E-state index is 13.3. The van der Waals surface area contributed by atoms with Crippen LogP contribution in [0, 0.1) is 0 Å². The predicted octanol–water partition coefficient (Wildman–Crippen LogP) is 4.57. The van der Waals surface area contributed by atoms with Gasteiger partial charge in [-0.1, -0.05) is 17.7 Å². The van der Waals surface area contributed by atoms with Crippen LogP contribution in [0.4, 0.5) is 0 Å². The summed E-state index contributed by atoms with van der Waals surface area (Å²) >= 11 is 6.31. The number of carbonyl (C=O) groups is 1. The summed E-state index contributed by atoms with van der Waals surface area (Å²) in [6, 6.07) is 12.8. The number of fused-ring (bicyclic) bond motifs is 3. The number of aromatic hydroxyl groups is 1. The molecule has 1 N–H and O–H groups in total. The van der Waals surface area contributed by atoms with E-state index in [-0.39, 0.29) is 30.9 Å². The first-order valence-electron chi connectivity index (χ1n) is 13.2. The van der Waals surface area contributed by atoms with Gasteiger partial charge in [0.2, 0.25) is 12.6 Å². The minimum atomic E-state index is -0.245. The van der Waals surface area contributed by atoms with E-state index in [9.17, 15) is 9.90 Å². The molecular formula is C30H27ClN2O7. The van der Waals surface area contributed by atoms with Gasteiger partial charge in [-0.25, -0.2) is 0 Å². The van der Waals surface area contributed by atoms with Crippen LogP contribution >= 0.6 is 11.6 Å². The summed E-state index contributed by atoms with van der Waals surface area (Å²) in [5, 5.41) is 11.3. The first-order chi connectivity index (χ1) is 19.5. The standard InChI is InChI=1S/C30H27ClN2O7/c31-21-10-19(29-20(11-21)15-36-16-39-29)12-27-28(35)22-2-3-24(34)23(30(22)40-27)14-33-7-5-32(6-8-33)13-18-1-4-25-26(9-18)38-17-37-25/h1-4,9-12,34H,5-8,13-17H2/b27-12-. The summed E-state index contributed by atoms with van der Waals surface area (Å²) in [5.41, 5.74) is 3.68. The highest BCUT2D eigenvalue weighted by Gasteiger charge is 2.33. The molecule has 7 rings (SSSR count). The van der Waals surface area contributed by atoms with Crippen LogP contribution in [0.25, 0.3) is 6.08 Å². The summed E-state index contributed by atoms with van der Waals surface area (Å²) in [6.07, 6.45) is 1.65. The van der Waals surface area contributed by atoms with Gasteiger partial charge in [0.15, 0.2) is 24.1 Å². The number of ketones is 1. The van der Waals surface area contributed by atoms with Gasteiger partial charge in [-0.05, 0) is 48.0 Å². The van der Waals surface area contributed by atoms with Gasteiger partial charge in [0, 0.05) is 55.4 Å². The van der Waals surface area contributed by atoms with Crippen LogP contribution in [-0.4, -0.2) is 60.5 Å². The molecule has 9 nitrogen and oxygen atoms in total. The maximum atomic E-state index is 13.3. The number of Topliss-reactive ketones (excluding diaryl/α,β-unsaturated/α-hetero) is 1. The van der Waals surface area contributed by atoms with Crippen molar-refractivity contribution in [2.75, 3.05) is 39.8 Å². The fourth-order valence-electron chi connectivity index (χ4n) is 5.53. The molecule has 0 bridgehead atoms. The lowest BCUT2D eigenvalue weighted by Crippen LogP contribution is -2.45. The molecule has 3 aromatic carbocycles. The number of phenolic OH excluding ortho intramolecular Hbond substituents is 1. The van der Waals surface area contributed by atoms with Crippen LogP contribution in [0.1, 0.15) is 32.6 Å². The quantitative estimate of drug-likeness (QED) is 0.449. The first kappa shape index (κ1) is 25.2. The molecule has 10 heteroatoms. The number of phenols is 1. The number of halogens is 1. The zero-order valence-corrected chi connectivity index (χ0v) is 22.4. The van der Waals surface area contributed by atoms with Gasteiger partial charge in [0.1, 0.15) is 17.2 Å². The second-order valence-electron chi connectivity index (χ2n) is 10.2. The molecule has 4 aliphatic rings. The number of ether oxygens (including phenoxy) is 5. The molecule has 0 radical (unpaired) electrons. The SMILES string of the molecule is O=C1/C(=C/c2cc(Cl)cc3c2OCOC3)Oc2c1ccc(O)c2CN1CCN(Cc2ccc3c(c2)OCO3)CC1. The van der Waals surface area contributed by atoms with Crippen molar-refractivity contribution in [1.82, 2.24) is 9.80 Å². The monoisotopic (exact) mass is 562 g/mol. The molecular weight excluding hydrogens is 536 g/mol. The third kappa shape index (κ3) is 4.75. The smallest absolute Gasteiger partial charge is 0.231 e. The highest BCUT2D eigenvalue weighted by Crippen LogP contribution is 2.42. The molecule has 3 aromatic rings. The van der Waals surface area contributed by atoms with Crippen molar-refractivity contribution in [3.63, 3.8) is 0 Å². The van der Waals surface area contributed by atoms with Crippen LogP contribution in [0.5, 0.6) is 28.7 Å². The molecule has 0 spiro atoms. The molecule has 0 aromatic heterocycles. The van der Waals surface area contributed by atoms with Crippen LogP contribution in [0.15, 0.2) is 48.2 Å². The topological polar surface area (TPSA) is 89.9 Å². The van der Waals surface area contributed by atoms with E-state index >= 15 is 0 Å². The van der Waals surface area contributed by atoms with Crippen molar-refractivity contribution in [3.8, 4) is 28.7 Å². The zero-order valence-electron chi connectivity index (χ0n) is 21.7. The zero-order chi connectivity index (χ0) is 27.2. The molecule has 1 fully saturated rings. The fourth-order valence-corrected chi connectivity index (χ4v) is 5.78. The molecule has 0 amide bonds. The molecule has 4 aliphatic heterocycles. The number of carbonyl (C=O) groups excluding carboxylic acids is 1. The van der Waals surface area contributed by atoms with Crippen molar-refractivity contribution in [3.05, 3.63) is 81.1 Å². The van der Waals surface area contributed by atoms with Gasteiger partial charge in [-0.15, -0.1) is 0 Å². The van der Waals surface area contributed by atoms with E-state index in [1.165, 1.54) is 5.56 Å². The highest BCUT2D eigenvalue weighted by molar-refractivity contribution is 6.31. The molecule has 0 atom stereocenters. The Kier molecular flexibility index (Phi) is 6.51. The van der Waals surface area contributed by atoms with E-state index in [1.54, 1.807) is 30.3 Å². The number of benzene rings is 3. The molecule has 1 saturated heterocycles. The van der Waals surface area contributed by atoms with Crippen molar-refractivity contribution in [1.29, 1.82) is 0 Å². The molecule has 0 saturated carbocycles. The third-order valence-corrected chi connectivity index (χ3v) is 7.81. The predicted molar refractivity (Wildman–Crippen MR) is 146 cm³/mol. The second kappa shape index (κ2) is 10.3. The van der Waals surface area contributed by atoms with Gasteiger partial charge in [0.25, 0.3) is 0 Å². The largest absolute Gasteiger partial charge is 0.507 e. The van der Waals surface area contributed by atoms with Crippen LogP contribution in [-0.2, 0) is 24.4 Å². The number of allylic oxidation sites excluding steroid dienone is 1. The van der Waals surface area contributed by atoms with Gasteiger partial charge < -0.3 is 28.8 Å². The normalized spacial score (nSPS) is 19.3. The number of hydrogen-bond acceptors (Lipinski definition) is 9. The molecule has 0 unspecified atom stereocenters. The van der Waals surface area contributed by atoms with Gasteiger partial charge in [0.05, 0.1) is 17.7 Å². The van der Waals surface area contributed by atoms with E-state index in [4.69, 9.17) is 35.3 Å². The third-order valence-electron chi connectivity index (χ3n) is 7.60. The van der Waals surface area contributed by atoms with E-state index in [0.717, 1.165) is 49.8 Å². The minimum absolute atomic E-state index is 0.108. The van der Waals surface area contributed by atoms with Crippen LogP contribution in [0.3, 0.4) is 0 Å². The Morgan fingerprint density at radius 3 is 2.52 bits per heavy atom. The Labute approximate surface area is 236 Å².